The van der Waals surface area contributed by atoms with Crippen molar-refractivity contribution in [3.8, 4) is 11.5 Å². The number of carbonyl (C=O) groups excluding carboxylic acids is 2. The van der Waals surface area contributed by atoms with Crippen molar-refractivity contribution >= 4 is 11.8 Å². The lowest BCUT2D eigenvalue weighted by molar-refractivity contribution is 0.0526. The number of carbonyl (C=O) groups is 2. The molecule has 2 aromatic carbocycles. The lowest BCUT2D eigenvalue weighted by Crippen LogP contribution is -2.11. The van der Waals surface area contributed by atoms with E-state index in [0.29, 0.717) is 30.1 Å². The van der Waals surface area contributed by atoms with Gasteiger partial charge in [-0.2, -0.15) is 0 Å². The molecule has 0 unspecified atom stereocenters. The number of Topliss-reactive ketones (excluding diaryl/α,β-unsaturated/α-hetero) is 1. The number of benzene rings is 2. The SMILES string of the molecule is CCOC(=O)c1ccc(OCC(=O)c2ccc(OCC)cc2)cc1. The van der Waals surface area contributed by atoms with Crippen molar-refractivity contribution < 1.29 is 23.8 Å². The van der Waals surface area contributed by atoms with Crippen molar-refractivity contribution in [2.75, 3.05) is 19.8 Å². The first kappa shape index (κ1) is 17.5. The van der Waals surface area contributed by atoms with Crippen LogP contribution < -0.4 is 9.47 Å². The minimum atomic E-state index is -0.380. The standard InChI is InChI=1S/C19H20O5/c1-3-22-16-9-5-14(6-10-16)18(20)13-24-17-11-7-15(8-12-17)19(21)23-4-2/h5-12H,3-4,13H2,1-2H3. The molecule has 0 aliphatic heterocycles. The molecule has 0 saturated heterocycles. The van der Waals surface area contributed by atoms with Crippen LogP contribution in [0.3, 0.4) is 0 Å². The second-order valence-electron chi connectivity index (χ2n) is 4.91. The van der Waals surface area contributed by atoms with E-state index in [4.69, 9.17) is 14.2 Å². The molecule has 0 aromatic heterocycles. The summed E-state index contributed by atoms with van der Waals surface area (Å²) in [5.41, 5.74) is 1.00. The van der Waals surface area contributed by atoms with E-state index in [1.807, 2.05) is 6.92 Å². The Hall–Kier alpha value is -2.82. The van der Waals surface area contributed by atoms with Crippen LogP contribution in [0.4, 0.5) is 0 Å². The van der Waals surface area contributed by atoms with Crippen LogP contribution in [0.25, 0.3) is 0 Å². The molecular weight excluding hydrogens is 308 g/mol. The summed E-state index contributed by atoms with van der Waals surface area (Å²) in [4.78, 5) is 23.7. The molecular formula is C19H20O5. The van der Waals surface area contributed by atoms with Crippen LogP contribution in [0.2, 0.25) is 0 Å². The van der Waals surface area contributed by atoms with Gasteiger partial charge in [-0.05, 0) is 62.4 Å². The number of hydrogen-bond donors (Lipinski definition) is 0. The van der Waals surface area contributed by atoms with Gasteiger partial charge in [-0.15, -0.1) is 0 Å². The van der Waals surface area contributed by atoms with E-state index in [1.165, 1.54) is 0 Å². The van der Waals surface area contributed by atoms with Gasteiger partial charge in [0.15, 0.2) is 12.4 Å². The molecule has 0 N–H and O–H groups in total. The summed E-state index contributed by atoms with van der Waals surface area (Å²) >= 11 is 0. The first-order chi connectivity index (χ1) is 11.6. The molecule has 0 radical (unpaired) electrons. The fourth-order valence-corrected chi connectivity index (χ4v) is 2.04. The number of ketones is 1. The van der Waals surface area contributed by atoms with E-state index < -0.39 is 0 Å². The van der Waals surface area contributed by atoms with Crippen LogP contribution in [0.1, 0.15) is 34.6 Å². The van der Waals surface area contributed by atoms with Crippen LogP contribution in [0.5, 0.6) is 11.5 Å². The Labute approximate surface area is 141 Å². The maximum Gasteiger partial charge on any atom is 0.338 e. The normalized spacial score (nSPS) is 10.1. The average molecular weight is 328 g/mol. The van der Waals surface area contributed by atoms with Crippen LogP contribution >= 0.6 is 0 Å². The molecule has 2 aromatic rings. The highest BCUT2D eigenvalue weighted by molar-refractivity contribution is 5.97. The van der Waals surface area contributed by atoms with Crippen molar-refractivity contribution in [1.29, 1.82) is 0 Å². The molecule has 0 heterocycles. The zero-order valence-corrected chi connectivity index (χ0v) is 13.8. The van der Waals surface area contributed by atoms with Crippen molar-refractivity contribution in [1.82, 2.24) is 0 Å². The third-order valence-corrected chi connectivity index (χ3v) is 3.22. The molecule has 5 heteroatoms. The Bertz CT molecular complexity index is 674. The van der Waals surface area contributed by atoms with Gasteiger partial charge in [0.2, 0.25) is 0 Å². The van der Waals surface area contributed by atoms with Gasteiger partial charge in [0, 0.05) is 5.56 Å². The summed E-state index contributed by atoms with van der Waals surface area (Å²) in [5, 5.41) is 0. The second kappa shape index (κ2) is 8.72. The monoisotopic (exact) mass is 328 g/mol. The predicted octanol–water partition coefficient (Wildman–Crippen LogP) is 3.52. The fourth-order valence-electron chi connectivity index (χ4n) is 2.04. The molecule has 0 spiro atoms. The van der Waals surface area contributed by atoms with Crippen LogP contribution in [-0.2, 0) is 4.74 Å². The molecule has 0 aliphatic rings. The van der Waals surface area contributed by atoms with Gasteiger partial charge in [-0.3, -0.25) is 4.79 Å². The zero-order chi connectivity index (χ0) is 17.4. The van der Waals surface area contributed by atoms with Crippen LogP contribution in [-0.4, -0.2) is 31.6 Å². The Kier molecular flexibility index (Phi) is 6.37. The molecule has 0 saturated carbocycles. The predicted molar refractivity (Wildman–Crippen MR) is 89.8 cm³/mol. The maximum absolute atomic E-state index is 12.1. The molecule has 5 nitrogen and oxygen atoms in total. The molecule has 0 amide bonds. The Morgan fingerprint density at radius 2 is 1.29 bits per heavy atom. The van der Waals surface area contributed by atoms with E-state index >= 15 is 0 Å². The topological polar surface area (TPSA) is 61.8 Å². The van der Waals surface area contributed by atoms with Crippen molar-refractivity contribution in [2.24, 2.45) is 0 Å². The molecule has 2 rings (SSSR count). The number of rotatable bonds is 8. The summed E-state index contributed by atoms with van der Waals surface area (Å²) in [6.45, 7) is 4.49. The van der Waals surface area contributed by atoms with E-state index in [0.717, 1.165) is 5.75 Å². The summed E-state index contributed by atoms with van der Waals surface area (Å²) < 4.78 is 15.7. The Morgan fingerprint density at radius 1 is 0.750 bits per heavy atom. The fraction of sp³-hybridized carbons (Fsp3) is 0.263. The van der Waals surface area contributed by atoms with Crippen LogP contribution in [0.15, 0.2) is 48.5 Å². The van der Waals surface area contributed by atoms with Crippen molar-refractivity contribution in [3.05, 3.63) is 59.7 Å². The molecule has 0 bridgehead atoms. The third kappa shape index (κ3) is 4.84. The van der Waals surface area contributed by atoms with Gasteiger partial charge >= 0.3 is 5.97 Å². The zero-order valence-electron chi connectivity index (χ0n) is 13.8. The van der Waals surface area contributed by atoms with Gasteiger partial charge in [-0.25, -0.2) is 4.79 Å². The van der Waals surface area contributed by atoms with Gasteiger partial charge in [0.1, 0.15) is 11.5 Å². The molecule has 126 valence electrons. The van der Waals surface area contributed by atoms with E-state index in [9.17, 15) is 9.59 Å². The Morgan fingerprint density at radius 3 is 1.83 bits per heavy atom. The first-order valence-corrected chi connectivity index (χ1v) is 7.80. The maximum atomic E-state index is 12.1. The highest BCUT2D eigenvalue weighted by Crippen LogP contribution is 2.15. The van der Waals surface area contributed by atoms with Gasteiger partial charge < -0.3 is 14.2 Å². The van der Waals surface area contributed by atoms with Crippen molar-refractivity contribution in [3.63, 3.8) is 0 Å². The van der Waals surface area contributed by atoms with E-state index in [2.05, 4.69) is 0 Å². The largest absolute Gasteiger partial charge is 0.494 e. The van der Waals surface area contributed by atoms with E-state index in [1.54, 1.807) is 55.5 Å². The average Bonchev–Trinajstić information content (AvgIpc) is 2.61. The van der Waals surface area contributed by atoms with Crippen LogP contribution in [0, 0.1) is 0 Å². The minimum absolute atomic E-state index is 0.0767. The highest BCUT2D eigenvalue weighted by Gasteiger charge is 2.09. The summed E-state index contributed by atoms with van der Waals surface area (Å²) in [7, 11) is 0. The quantitative estimate of drug-likeness (QED) is 0.548. The van der Waals surface area contributed by atoms with Gasteiger partial charge in [0.05, 0.1) is 18.8 Å². The number of esters is 1. The molecule has 0 fully saturated rings. The third-order valence-electron chi connectivity index (χ3n) is 3.22. The van der Waals surface area contributed by atoms with Gasteiger partial charge in [0.25, 0.3) is 0 Å². The number of ether oxygens (including phenoxy) is 3. The summed E-state index contributed by atoms with van der Waals surface area (Å²) in [5.74, 6) is 0.730. The lowest BCUT2D eigenvalue weighted by atomic mass is 10.1. The summed E-state index contributed by atoms with van der Waals surface area (Å²) in [6.07, 6.45) is 0. The van der Waals surface area contributed by atoms with E-state index in [-0.39, 0.29) is 18.4 Å². The Balaban J connectivity index is 1.90. The smallest absolute Gasteiger partial charge is 0.338 e. The van der Waals surface area contributed by atoms with Crippen molar-refractivity contribution in [2.45, 2.75) is 13.8 Å². The molecule has 24 heavy (non-hydrogen) atoms. The first-order valence-electron chi connectivity index (χ1n) is 7.80. The minimum Gasteiger partial charge on any atom is -0.494 e. The highest BCUT2D eigenvalue weighted by atomic mass is 16.5. The summed E-state index contributed by atoms with van der Waals surface area (Å²) in [6, 6.07) is 13.4. The molecule has 0 atom stereocenters. The number of hydrogen-bond acceptors (Lipinski definition) is 5. The lowest BCUT2D eigenvalue weighted by Gasteiger charge is -2.07. The molecule has 0 aliphatic carbocycles. The van der Waals surface area contributed by atoms with Gasteiger partial charge in [-0.1, -0.05) is 0 Å². The second-order valence-corrected chi connectivity index (χ2v) is 4.91.